The van der Waals surface area contributed by atoms with Crippen LogP contribution in [0.2, 0.25) is 5.02 Å². The highest BCUT2D eigenvalue weighted by atomic mass is 35.5. The van der Waals surface area contributed by atoms with E-state index >= 15 is 0 Å². The number of methoxy groups -OCH3 is 1. The van der Waals surface area contributed by atoms with Gasteiger partial charge in [0.25, 0.3) is 0 Å². The number of rotatable bonds is 6. The minimum absolute atomic E-state index is 0.0111. The van der Waals surface area contributed by atoms with Crippen LogP contribution >= 0.6 is 11.6 Å². The van der Waals surface area contributed by atoms with Gasteiger partial charge in [-0.2, -0.15) is 13.2 Å². The van der Waals surface area contributed by atoms with Crippen molar-refractivity contribution in [2.24, 2.45) is 0 Å². The second kappa shape index (κ2) is 7.21. The van der Waals surface area contributed by atoms with Gasteiger partial charge in [0.15, 0.2) is 11.5 Å². The van der Waals surface area contributed by atoms with E-state index in [9.17, 15) is 26.7 Å². The number of esters is 1. The van der Waals surface area contributed by atoms with Gasteiger partial charge < -0.3 is 9.47 Å². The number of carbonyl (C=O) groups is 1. The van der Waals surface area contributed by atoms with E-state index in [1.54, 1.807) is 0 Å². The van der Waals surface area contributed by atoms with Crippen molar-refractivity contribution < 1.29 is 36.2 Å². The smallest absolute Gasteiger partial charge is 0.372 e. The summed E-state index contributed by atoms with van der Waals surface area (Å²) < 4.78 is 72.9. The van der Waals surface area contributed by atoms with Crippen LogP contribution in [0.5, 0.6) is 5.88 Å². The molecule has 0 aliphatic heterocycles. The Balaban J connectivity index is 2.43. The molecule has 1 unspecified atom stereocenters. The highest BCUT2D eigenvalue weighted by molar-refractivity contribution is 6.32. The minimum Gasteiger partial charge on any atom is -0.464 e. The molecule has 1 atom stereocenters. The van der Waals surface area contributed by atoms with Gasteiger partial charge in [-0.1, -0.05) is 11.6 Å². The van der Waals surface area contributed by atoms with Crippen LogP contribution in [0.3, 0.4) is 0 Å². The van der Waals surface area contributed by atoms with Gasteiger partial charge >= 0.3 is 24.7 Å². The Labute approximate surface area is 142 Å². The summed E-state index contributed by atoms with van der Waals surface area (Å²) in [6.45, 7) is 0. The lowest BCUT2D eigenvalue weighted by Gasteiger charge is -2.19. The van der Waals surface area contributed by atoms with Crippen molar-refractivity contribution in [1.82, 2.24) is 14.8 Å². The molecule has 0 amide bonds. The average Bonchev–Trinajstić information content (AvgIpc) is 2.97. The summed E-state index contributed by atoms with van der Waals surface area (Å²) in [4.78, 5) is 15.6. The fraction of sp³-hybridized carbons (Fsp3) is 0.308. The van der Waals surface area contributed by atoms with Crippen molar-refractivity contribution in [3.8, 4) is 11.7 Å². The van der Waals surface area contributed by atoms with Crippen molar-refractivity contribution in [2.45, 2.75) is 18.7 Å². The van der Waals surface area contributed by atoms with Gasteiger partial charge in [-0.15, -0.1) is 5.10 Å². The third-order valence-corrected chi connectivity index (χ3v) is 3.13. The third kappa shape index (κ3) is 3.81. The molecule has 0 aliphatic rings. The van der Waals surface area contributed by atoms with Crippen molar-refractivity contribution in [3.63, 3.8) is 0 Å². The van der Waals surface area contributed by atoms with Crippen molar-refractivity contribution >= 4 is 17.6 Å². The number of ether oxygens (including phenoxy) is 2. The third-order valence-electron chi connectivity index (χ3n) is 2.84. The molecule has 2 aromatic heterocycles. The first-order valence-corrected chi connectivity index (χ1v) is 6.82. The average molecular weight is 386 g/mol. The van der Waals surface area contributed by atoms with Crippen LogP contribution in [-0.2, 0) is 4.74 Å². The number of carbonyl (C=O) groups excluding carboxylic acids is 1. The van der Waals surface area contributed by atoms with E-state index in [0.29, 0.717) is 0 Å². The summed E-state index contributed by atoms with van der Waals surface area (Å²) in [6.07, 6.45) is -6.71. The molecule has 2 rings (SSSR count). The summed E-state index contributed by atoms with van der Waals surface area (Å²) in [7, 11) is 1.02. The largest absolute Gasteiger partial charge is 0.464 e. The Morgan fingerprint density at radius 1 is 1.36 bits per heavy atom. The van der Waals surface area contributed by atoms with E-state index in [1.807, 2.05) is 0 Å². The van der Waals surface area contributed by atoms with Gasteiger partial charge in [0.05, 0.1) is 12.1 Å². The lowest BCUT2D eigenvalue weighted by atomic mass is 10.3. The van der Waals surface area contributed by atoms with E-state index in [0.717, 1.165) is 17.9 Å². The maximum absolute atomic E-state index is 13.4. The number of hydrogen-bond acceptors (Lipinski definition) is 5. The molecule has 0 aromatic carbocycles. The van der Waals surface area contributed by atoms with Crippen LogP contribution in [0.4, 0.5) is 22.0 Å². The Bertz CT molecular complexity index is 771. The number of halogens is 6. The number of aromatic nitrogens is 3. The zero-order valence-corrected chi connectivity index (χ0v) is 13.1. The molecule has 0 bridgehead atoms. The summed E-state index contributed by atoms with van der Waals surface area (Å²) in [5, 5.41) is 3.56. The topological polar surface area (TPSA) is 66.2 Å². The van der Waals surface area contributed by atoms with E-state index in [4.69, 9.17) is 11.6 Å². The molecule has 0 fully saturated rings. The molecule has 0 N–H and O–H groups in total. The fourth-order valence-corrected chi connectivity index (χ4v) is 1.85. The van der Waals surface area contributed by atoms with E-state index in [2.05, 4.69) is 19.6 Å². The van der Waals surface area contributed by atoms with Crippen LogP contribution < -0.4 is 4.74 Å². The molecular formula is C13H9ClF5N3O3. The standard InChI is InChI=1S/C13H9ClF5N3O3/c1-24-10(23)7-5-8(25-12(17)13(18,19)11(15)16)21-22(7)9-6(14)3-2-4-20-9/h2-5,11-12H,1H3. The van der Waals surface area contributed by atoms with Crippen LogP contribution in [0.1, 0.15) is 10.5 Å². The molecular weight excluding hydrogens is 377 g/mol. The normalized spacial score (nSPS) is 13.0. The lowest BCUT2D eigenvalue weighted by molar-refractivity contribution is -0.222. The molecule has 6 nitrogen and oxygen atoms in total. The summed E-state index contributed by atoms with van der Waals surface area (Å²) in [6, 6.07) is 3.58. The number of hydrogen-bond donors (Lipinski definition) is 0. The molecule has 0 radical (unpaired) electrons. The van der Waals surface area contributed by atoms with Gasteiger partial charge in [0, 0.05) is 12.3 Å². The van der Waals surface area contributed by atoms with E-state index < -0.39 is 36.2 Å². The summed E-state index contributed by atoms with van der Waals surface area (Å²) in [5.74, 6) is -7.05. The fourth-order valence-electron chi connectivity index (χ4n) is 1.65. The summed E-state index contributed by atoms with van der Waals surface area (Å²) >= 11 is 5.90. The highest BCUT2D eigenvalue weighted by Gasteiger charge is 2.52. The second-order valence-electron chi connectivity index (χ2n) is 4.49. The Morgan fingerprint density at radius 2 is 2.04 bits per heavy atom. The first-order chi connectivity index (χ1) is 11.7. The molecule has 2 aromatic rings. The second-order valence-corrected chi connectivity index (χ2v) is 4.90. The van der Waals surface area contributed by atoms with E-state index in [-0.39, 0.29) is 10.8 Å². The van der Waals surface area contributed by atoms with Crippen LogP contribution in [0, 0.1) is 0 Å². The maximum Gasteiger partial charge on any atom is 0.372 e. The van der Waals surface area contributed by atoms with Gasteiger partial charge in [-0.3, -0.25) is 0 Å². The van der Waals surface area contributed by atoms with Gasteiger partial charge in [-0.25, -0.2) is 23.2 Å². The number of nitrogens with zero attached hydrogens (tertiary/aromatic N) is 3. The highest BCUT2D eigenvalue weighted by Crippen LogP contribution is 2.31. The van der Waals surface area contributed by atoms with Gasteiger partial charge in [-0.05, 0) is 12.1 Å². The van der Waals surface area contributed by atoms with Crippen molar-refractivity contribution in [1.29, 1.82) is 0 Å². The molecule has 0 saturated heterocycles. The summed E-state index contributed by atoms with van der Waals surface area (Å²) in [5.41, 5.74) is -0.398. The zero-order chi connectivity index (χ0) is 18.8. The molecule has 12 heteroatoms. The van der Waals surface area contributed by atoms with Gasteiger partial charge in [0.2, 0.25) is 5.88 Å². The number of alkyl halides is 5. The van der Waals surface area contributed by atoms with Crippen LogP contribution in [0.25, 0.3) is 5.82 Å². The minimum atomic E-state index is -5.07. The van der Waals surface area contributed by atoms with Crippen LogP contribution in [-0.4, -0.2) is 46.5 Å². The molecule has 25 heavy (non-hydrogen) atoms. The van der Waals surface area contributed by atoms with E-state index in [1.165, 1.54) is 18.3 Å². The number of pyridine rings is 1. The molecule has 2 heterocycles. The first-order valence-electron chi connectivity index (χ1n) is 6.44. The molecule has 136 valence electrons. The Kier molecular flexibility index (Phi) is 5.45. The quantitative estimate of drug-likeness (QED) is 0.564. The monoisotopic (exact) mass is 385 g/mol. The first kappa shape index (κ1) is 18.9. The van der Waals surface area contributed by atoms with Gasteiger partial charge in [0.1, 0.15) is 0 Å². The Morgan fingerprint density at radius 3 is 2.60 bits per heavy atom. The van der Waals surface area contributed by atoms with Crippen molar-refractivity contribution in [3.05, 3.63) is 35.1 Å². The lowest BCUT2D eigenvalue weighted by Crippen LogP contribution is -2.41. The molecule has 0 spiro atoms. The maximum atomic E-state index is 13.4. The van der Waals surface area contributed by atoms with Crippen molar-refractivity contribution in [2.75, 3.05) is 7.11 Å². The zero-order valence-electron chi connectivity index (χ0n) is 12.3. The predicted octanol–water partition coefficient (Wildman–Crippen LogP) is 3.28. The SMILES string of the molecule is COC(=O)c1cc(OC(F)C(F)(F)C(F)F)nn1-c1ncccc1Cl. The predicted molar refractivity (Wildman–Crippen MR) is 74.2 cm³/mol. The molecule has 0 aliphatic carbocycles. The van der Waals surface area contributed by atoms with Crippen LogP contribution in [0.15, 0.2) is 24.4 Å². The Hall–Kier alpha value is -2.43. The molecule has 0 saturated carbocycles.